The highest BCUT2D eigenvalue weighted by Crippen LogP contribution is 2.35. The number of oxazole rings is 1. The first-order chi connectivity index (χ1) is 6.31. The minimum atomic E-state index is -0.436. The summed E-state index contributed by atoms with van der Waals surface area (Å²) < 4.78 is 9.70. The van der Waals surface area contributed by atoms with Crippen LogP contribution in [0.25, 0.3) is 0 Å². The summed E-state index contributed by atoms with van der Waals surface area (Å²) in [6.07, 6.45) is 4.81. The molecule has 0 atom stereocenters. The Morgan fingerprint density at radius 1 is 1.69 bits per heavy atom. The number of aromatic nitrogens is 1. The SMILES string of the molecule is COC(=O)c1coc(C2CCC2)n1. The number of methoxy groups -OCH3 is 1. The van der Waals surface area contributed by atoms with Crippen molar-refractivity contribution in [2.24, 2.45) is 0 Å². The Balaban J connectivity index is 2.12. The van der Waals surface area contributed by atoms with Crippen molar-refractivity contribution >= 4 is 5.97 Å². The van der Waals surface area contributed by atoms with Crippen molar-refractivity contribution in [1.82, 2.24) is 4.98 Å². The second-order valence-corrected chi connectivity index (χ2v) is 3.19. The first-order valence-electron chi connectivity index (χ1n) is 4.35. The molecule has 1 fully saturated rings. The van der Waals surface area contributed by atoms with Crippen molar-refractivity contribution in [3.8, 4) is 0 Å². The minimum Gasteiger partial charge on any atom is -0.464 e. The lowest BCUT2D eigenvalue weighted by atomic mass is 9.85. The van der Waals surface area contributed by atoms with Crippen molar-refractivity contribution in [3.63, 3.8) is 0 Å². The molecule has 1 aliphatic rings. The summed E-state index contributed by atoms with van der Waals surface area (Å²) in [7, 11) is 1.33. The smallest absolute Gasteiger partial charge is 0.360 e. The quantitative estimate of drug-likeness (QED) is 0.652. The van der Waals surface area contributed by atoms with Gasteiger partial charge in [0.05, 0.1) is 7.11 Å². The zero-order valence-corrected chi connectivity index (χ0v) is 7.45. The lowest BCUT2D eigenvalue weighted by molar-refractivity contribution is 0.0594. The third-order valence-corrected chi connectivity index (χ3v) is 2.37. The summed E-state index contributed by atoms with van der Waals surface area (Å²) in [5.41, 5.74) is 0.268. The molecule has 0 aliphatic heterocycles. The zero-order chi connectivity index (χ0) is 9.26. The first-order valence-corrected chi connectivity index (χ1v) is 4.35. The fourth-order valence-corrected chi connectivity index (χ4v) is 1.33. The van der Waals surface area contributed by atoms with E-state index in [0.717, 1.165) is 12.8 Å². The molecule has 0 spiro atoms. The second kappa shape index (κ2) is 3.20. The van der Waals surface area contributed by atoms with Gasteiger partial charge in [-0.05, 0) is 12.8 Å². The number of nitrogens with zero attached hydrogens (tertiary/aromatic N) is 1. The van der Waals surface area contributed by atoms with Gasteiger partial charge in [-0.25, -0.2) is 9.78 Å². The van der Waals surface area contributed by atoms with Gasteiger partial charge in [0.2, 0.25) is 0 Å². The Morgan fingerprint density at radius 3 is 3.00 bits per heavy atom. The Bertz CT molecular complexity index is 314. The van der Waals surface area contributed by atoms with E-state index in [1.54, 1.807) is 0 Å². The van der Waals surface area contributed by atoms with Gasteiger partial charge in [0.25, 0.3) is 0 Å². The molecule has 2 rings (SSSR count). The van der Waals surface area contributed by atoms with E-state index in [-0.39, 0.29) is 5.69 Å². The molecular weight excluding hydrogens is 170 g/mol. The Kier molecular flexibility index (Phi) is 2.04. The molecule has 0 saturated heterocycles. The number of esters is 1. The standard InChI is InChI=1S/C9H11NO3/c1-12-9(11)7-5-13-8(10-7)6-3-2-4-6/h5-6H,2-4H2,1H3. The van der Waals surface area contributed by atoms with Crippen molar-refractivity contribution in [2.45, 2.75) is 25.2 Å². The lowest BCUT2D eigenvalue weighted by Gasteiger charge is -2.21. The molecule has 0 bridgehead atoms. The number of rotatable bonds is 2. The van der Waals surface area contributed by atoms with Crippen molar-refractivity contribution in [2.75, 3.05) is 7.11 Å². The van der Waals surface area contributed by atoms with Crippen LogP contribution in [0.4, 0.5) is 0 Å². The predicted octanol–water partition coefficient (Wildman–Crippen LogP) is 1.73. The average Bonchev–Trinajstić information content (AvgIpc) is 2.49. The maximum Gasteiger partial charge on any atom is 0.360 e. The van der Waals surface area contributed by atoms with Crippen LogP contribution in [-0.2, 0) is 4.74 Å². The Hall–Kier alpha value is -1.32. The number of hydrogen-bond acceptors (Lipinski definition) is 4. The summed E-state index contributed by atoms with van der Waals surface area (Å²) in [6, 6.07) is 0. The van der Waals surface area contributed by atoms with E-state index < -0.39 is 5.97 Å². The summed E-state index contributed by atoms with van der Waals surface area (Å²) in [4.78, 5) is 15.1. The van der Waals surface area contributed by atoms with E-state index in [1.807, 2.05) is 0 Å². The summed E-state index contributed by atoms with van der Waals surface area (Å²) >= 11 is 0. The van der Waals surface area contributed by atoms with E-state index in [9.17, 15) is 4.79 Å². The predicted molar refractivity (Wildman–Crippen MR) is 44.4 cm³/mol. The van der Waals surface area contributed by atoms with Crippen LogP contribution < -0.4 is 0 Å². The second-order valence-electron chi connectivity index (χ2n) is 3.19. The van der Waals surface area contributed by atoms with Crippen molar-refractivity contribution < 1.29 is 13.9 Å². The average molecular weight is 181 g/mol. The third kappa shape index (κ3) is 1.43. The summed E-state index contributed by atoms with van der Waals surface area (Å²) in [5.74, 6) is 0.652. The highest BCUT2D eigenvalue weighted by molar-refractivity contribution is 5.86. The molecule has 0 radical (unpaired) electrons. The van der Waals surface area contributed by atoms with E-state index in [2.05, 4.69) is 9.72 Å². The molecule has 1 aromatic heterocycles. The van der Waals surface area contributed by atoms with Gasteiger partial charge in [-0.3, -0.25) is 0 Å². The molecule has 4 nitrogen and oxygen atoms in total. The van der Waals surface area contributed by atoms with Gasteiger partial charge in [0.15, 0.2) is 11.6 Å². The lowest BCUT2D eigenvalue weighted by Crippen LogP contribution is -2.09. The van der Waals surface area contributed by atoms with Gasteiger partial charge in [-0.2, -0.15) is 0 Å². The van der Waals surface area contributed by atoms with Crippen LogP contribution in [0.5, 0.6) is 0 Å². The van der Waals surface area contributed by atoms with Crippen LogP contribution in [0.3, 0.4) is 0 Å². The number of ether oxygens (including phenoxy) is 1. The van der Waals surface area contributed by atoms with E-state index in [4.69, 9.17) is 4.42 Å². The van der Waals surface area contributed by atoms with Gasteiger partial charge in [-0.15, -0.1) is 0 Å². The van der Waals surface area contributed by atoms with Gasteiger partial charge in [0, 0.05) is 5.92 Å². The molecule has 1 aliphatic carbocycles. The molecule has 1 heterocycles. The van der Waals surface area contributed by atoms with Crippen LogP contribution in [0.1, 0.15) is 41.6 Å². The molecule has 1 aromatic rings. The monoisotopic (exact) mass is 181 g/mol. The molecule has 0 aromatic carbocycles. The first kappa shape index (κ1) is 8.29. The van der Waals surface area contributed by atoms with Crippen molar-refractivity contribution in [1.29, 1.82) is 0 Å². The molecule has 70 valence electrons. The molecule has 0 unspecified atom stereocenters. The summed E-state index contributed by atoms with van der Waals surface area (Å²) in [6.45, 7) is 0. The molecule has 4 heteroatoms. The van der Waals surface area contributed by atoms with Gasteiger partial charge in [-0.1, -0.05) is 6.42 Å². The number of hydrogen-bond donors (Lipinski definition) is 0. The van der Waals surface area contributed by atoms with Gasteiger partial charge < -0.3 is 9.15 Å². The van der Waals surface area contributed by atoms with Crippen LogP contribution in [-0.4, -0.2) is 18.1 Å². The van der Waals surface area contributed by atoms with Crippen LogP contribution in [0.15, 0.2) is 10.7 Å². The molecule has 13 heavy (non-hydrogen) atoms. The van der Waals surface area contributed by atoms with Crippen molar-refractivity contribution in [3.05, 3.63) is 17.8 Å². The maximum atomic E-state index is 11.0. The normalized spacial score (nSPS) is 16.7. The number of carbonyl (C=O) groups excluding carboxylic acids is 1. The van der Waals surface area contributed by atoms with Crippen LogP contribution >= 0.6 is 0 Å². The largest absolute Gasteiger partial charge is 0.464 e. The Morgan fingerprint density at radius 2 is 2.46 bits per heavy atom. The third-order valence-electron chi connectivity index (χ3n) is 2.37. The fraction of sp³-hybridized carbons (Fsp3) is 0.556. The Labute approximate surface area is 75.9 Å². The molecule has 0 amide bonds. The summed E-state index contributed by atoms with van der Waals surface area (Å²) in [5, 5.41) is 0. The van der Waals surface area contributed by atoms with Gasteiger partial charge in [0.1, 0.15) is 6.26 Å². The van der Waals surface area contributed by atoms with E-state index >= 15 is 0 Å². The highest BCUT2D eigenvalue weighted by Gasteiger charge is 2.25. The number of carbonyl (C=O) groups is 1. The zero-order valence-electron chi connectivity index (χ0n) is 7.45. The molecule has 0 N–H and O–H groups in total. The minimum absolute atomic E-state index is 0.268. The fourth-order valence-electron chi connectivity index (χ4n) is 1.33. The van der Waals surface area contributed by atoms with E-state index in [0.29, 0.717) is 11.8 Å². The van der Waals surface area contributed by atoms with Gasteiger partial charge >= 0.3 is 5.97 Å². The molecule has 1 saturated carbocycles. The van der Waals surface area contributed by atoms with E-state index in [1.165, 1.54) is 19.8 Å². The van der Waals surface area contributed by atoms with Crippen LogP contribution in [0.2, 0.25) is 0 Å². The molecular formula is C9H11NO3. The highest BCUT2D eigenvalue weighted by atomic mass is 16.5. The topological polar surface area (TPSA) is 52.3 Å². The van der Waals surface area contributed by atoms with Crippen LogP contribution in [0, 0.1) is 0 Å². The maximum absolute atomic E-state index is 11.0.